The van der Waals surface area contributed by atoms with Crippen molar-refractivity contribution in [3.63, 3.8) is 0 Å². The number of fused-ring (bicyclic) bond motifs is 16. The van der Waals surface area contributed by atoms with Gasteiger partial charge in [0.15, 0.2) is 5.58 Å². The lowest BCUT2D eigenvalue weighted by molar-refractivity contribution is 0.669. The van der Waals surface area contributed by atoms with E-state index in [1.165, 1.54) is 83.1 Å². The van der Waals surface area contributed by atoms with E-state index >= 15 is 0 Å². The van der Waals surface area contributed by atoms with Crippen LogP contribution in [0, 0.1) is 13.8 Å². The fourth-order valence-corrected chi connectivity index (χ4v) is 11.4. The zero-order chi connectivity index (χ0) is 41.1. The monoisotopic (exact) mass is 794 g/mol. The molecule has 1 spiro atoms. The molecule has 3 heteroatoms. The summed E-state index contributed by atoms with van der Waals surface area (Å²) in [6, 6.07) is 67.4. The highest BCUT2D eigenvalue weighted by Crippen LogP contribution is 2.66. The van der Waals surface area contributed by atoms with Crippen LogP contribution in [0.15, 0.2) is 210 Å². The predicted molar refractivity (Wildman–Crippen MR) is 259 cm³/mol. The molecule has 62 heavy (non-hydrogen) atoms. The molecule has 0 saturated carbocycles. The van der Waals surface area contributed by atoms with E-state index in [4.69, 9.17) is 4.42 Å². The molecule has 1 aromatic heterocycles. The van der Waals surface area contributed by atoms with Crippen LogP contribution < -0.4 is 9.80 Å². The van der Waals surface area contributed by atoms with Crippen molar-refractivity contribution < 1.29 is 4.42 Å². The predicted octanol–water partition coefficient (Wildman–Crippen LogP) is 16.0. The standard InChI is InChI=1S/C59H42N2O/c1-37-31-34-50(38(2)35-37)61(53-29-16-24-45-43-22-10-15-30-55(43)62-58(45)53)54-36-49-57(44-23-9-8-21-42(44)54)56-41-20-7-6-17-39(41)32-33-48(56)59(49)46-25-11-13-27-51(46)60(40-18-4-3-5-19-40)52-28-14-12-26-47(52)59/h3-11,13,15-36H,12,14H2,1-2H3. The van der Waals surface area contributed by atoms with Gasteiger partial charge in [0.2, 0.25) is 0 Å². The van der Waals surface area contributed by atoms with Crippen LogP contribution in [-0.4, -0.2) is 0 Å². The summed E-state index contributed by atoms with van der Waals surface area (Å²) in [4.78, 5) is 5.00. The lowest BCUT2D eigenvalue weighted by atomic mass is 9.62. The van der Waals surface area contributed by atoms with E-state index in [-0.39, 0.29) is 0 Å². The molecule has 13 rings (SSSR count). The van der Waals surface area contributed by atoms with Crippen LogP contribution in [0.3, 0.4) is 0 Å². The molecule has 0 amide bonds. The lowest BCUT2D eigenvalue weighted by Gasteiger charge is -2.48. The quantitative estimate of drug-likeness (QED) is 0.177. The first-order chi connectivity index (χ1) is 30.6. The van der Waals surface area contributed by atoms with Crippen molar-refractivity contribution in [1.29, 1.82) is 0 Å². The van der Waals surface area contributed by atoms with Crippen molar-refractivity contribution in [3.8, 4) is 11.1 Å². The van der Waals surface area contributed by atoms with Crippen molar-refractivity contribution in [2.75, 3.05) is 9.80 Å². The van der Waals surface area contributed by atoms with Crippen molar-refractivity contribution in [1.82, 2.24) is 0 Å². The minimum absolute atomic E-state index is 0.610. The maximum Gasteiger partial charge on any atom is 0.159 e. The molecule has 3 aliphatic rings. The fraction of sp³-hybridized carbons (Fsp3) is 0.0847. The van der Waals surface area contributed by atoms with E-state index < -0.39 is 5.41 Å². The number of furan rings is 1. The van der Waals surface area contributed by atoms with Crippen LogP contribution in [0.5, 0.6) is 0 Å². The molecule has 2 heterocycles. The average molecular weight is 795 g/mol. The van der Waals surface area contributed by atoms with Gasteiger partial charge in [0, 0.05) is 33.2 Å². The third kappa shape index (κ3) is 4.71. The first-order valence-corrected chi connectivity index (χ1v) is 21.8. The number of nitrogens with zero attached hydrogens (tertiary/aromatic N) is 2. The molecule has 0 fully saturated rings. The maximum atomic E-state index is 6.89. The van der Waals surface area contributed by atoms with Gasteiger partial charge in [-0.2, -0.15) is 0 Å². The van der Waals surface area contributed by atoms with Crippen LogP contribution in [0.25, 0.3) is 54.6 Å². The van der Waals surface area contributed by atoms with Gasteiger partial charge in [0.25, 0.3) is 0 Å². The number of rotatable bonds is 4. The zero-order valence-electron chi connectivity index (χ0n) is 34.7. The molecule has 2 aliphatic carbocycles. The fourth-order valence-electron chi connectivity index (χ4n) is 11.4. The highest BCUT2D eigenvalue weighted by molar-refractivity contribution is 6.18. The molecular weight excluding hydrogens is 753 g/mol. The first kappa shape index (κ1) is 35.2. The molecule has 0 N–H and O–H groups in total. The third-order valence-electron chi connectivity index (χ3n) is 13.8. The lowest BCUT2D eigenvalue weighted by Crippen LogP contribution is -2.41. The Morgan fingerprint density at radius 2 is 1.21 bits per heavy atom. The van der Waals surface area contributed by atoms with Crippen molar-refractivity contribution in [2.24, 2.45) is 0 Å². The summed E-state index contributed by atoms with van der Waals surface area (Å²) in [5.74, 6) is 0. The molecule has 294 valence electrons. The summed E-state index contributed by atoms with van der Waals surface area (Å²) >= 11 is 0. The van der Waals surface area contributed by atoms with Crippen molar-refractivity contribution in [3.05, 3.63) is 233 Å². The molecule has 1 atom stereocenters. The maximum absolute atomic E-state index is 6.89. The zero-order valence-corrected chi connectivity index (χ0v) is 34.7. The van der Waals surface area contributed by atoms with Gasteiger partial charge in [-0.05, 0) is 124 Å². The molecule has 3 nitrogen and oxygen atoms in total. The van der Waals surface area contributed by atoms with Gasteiger partial charge in [-0.1, -0.05) is 157 Å². The Hall–Kier alpha value is -7.62. The first-order valence-electron chi connectivity index (χ1n) is 21.8. The smallest absolute Gasteiger partial charge is 0.159 e. The minimum Gasteiger partial charge on any atom is -0.454 e. The molecule has 1 aliphatic heterocycles. The topological polar surface area (TPSA) is 19.6 Å². The summed E-state index contributed by atoms with van der Waals surface area (Å²) in [6.07, 6.45) is 7.02. The van der Waals surface area contributed by atoms with Gasteiger partial charge in [0.1, 0.15) is 5.58 Å². The minimum atomic E-state index is -0.610. The SMILES string of the molecule is Cc1ccc(N(c2cc3c(c4ccccc24)-c2c(ccc4ccccc24)C32C3=CCCC=C3N(c3ccccc3)c3ccccc32)c2cccc3c2oc2ccccc23)c(C)c1. The van der Waals surface area contributed by atoms with Gasteiger partial charge in [-0.3, -0.25) is 0 Å². The molecule has 1 unspecified atom stereocenters. The molecule has 0 bridgehead atoms. The van der Waals surface area contributed by atoms with E-state index in [1.54, 1.807) is 0 Å². The van der Waals surface area contributed by atoms with Crippen molar-refractivity contribution >= 4 is 71.9 Å². The molecular formula is C59H42N2O. The molecule has 9 aromatic carbocycles. The van der Waals surface area contributed by atoms with Gasteiger partial charge in [-0.15, -0.1) is 0 Å². The van der Waals surface area contributed by atoms with Crippen LogP contribution in [0.4, 0.5) is 28.4 Å². The number of aryl methyl sites for hydroxylation is 2. The van der Waals surface area contributed by atoms with Gasteiger partial charge in [-0.25, -0.2) is 0 Å². The summed E-state index contributed by atoms with van der Waals surface area (Å²) in [6.45, 7) is 4.42. The average Bonchev–Trinajstić information content (AvgIpc) is 3.85. The van der Waals surface area contributed by atoms with Crippen LogP contribution in [-0.2, 0) is 5.41 Å². The third-order valence-corrected chi connectivity index (χ3v) is 13.8. The van der Waals surface area contributed by atoms with Crippen LogP contribution >= 0.6 is 0 Å². The van der Waals surface area contributed by atoms with Crippen LogP contribution in [0.1, 0.15) is 40.7 Å². The second-order valence-corrected chi connectivity index (χ2v) is 17.2. The number of allylic oxidation sites excluding steroid dienone is 3. The van der Waals surface area contributed by atoms with E-state index in [1.807, 2.05) is 0 Å². The number of para-hydroxylation sites is 4. The highest BCUT2D eigenvalue weighted by Gasteiger charge is 2.54. The Morgan fingerprint density at radius 3 is 2.08 bits per heavy atom. The van der Waals surface area contributed by atoms with E-state index in [0.717, 1.165) is 51.8 Å². The largest absolute Gasteiger partial charge is 0.454 e. The second-order valence-electron chi connectivity index (χ2n) is 17.2. The summed E-state index contributed by atoms with van der Waals surface area (Å²) in [5.41, 5.74) is 18.4. The van der Waals surface area contributed by atoms with Gasteiger partial charge < -0.3 is 14.2 Å². The van der Waals surface area contributed by atoms with Gasteiger partial charge in [0.05, 0.1) is 22.5 Å². The summed E-state index contributed by atoms with van der Waals surface area (Å²) < 4.78 is 6.89. The Kier molecular flexibility index (Phi) is 7.48. The highest BCUT2D eigenvalue weighted by atomic mass is 16.3. The number of hydrogen-bond donors (Lipinski definition) is 0. The summed E-state index contributed by atoms with van der Waals surface area (Å²) in [7, 11) is 0. The van der Waals surface area contributed by atoms with E-state index in [2.05, 4.69) is 218 Å². The van der Waals surface area contributed by atoms with Crippen molar-refractivity contribution in [2.45, 2.75) is 32.1 Å². The molecule has 10 aromatic rings. The number of benzene rings is 9. The Labute approximate surface area is 361 Å². The van der Waals surface area contributed by atoms with E-state index in [0.29, 0.717) is 0 Å². The second kappa shape index (κ2) is 13.2. The molecule has 0 radical (unpaired) electrons. The summed E-state index contributed by atoms with van der Waals surface area (Å²) in [5, 5.41) is 7.20. The Morgan fingerprint density at radius 1 is 0.500 bits per heavy atom. The van der Waals surface area contributed by atoms with E-state index in [9.17, 15) is 0 Å². The molecule has 0 saturated heterocycles. The number of hydrogen-bond acceptors (Lipinski definition) is 3. The number of anilines is 5. The Balaban J connectivity index is 1.21. The van der Waals surface area contributed by atoms with Crippen LogP contribution in [0.2, 0.25) is 0 Å². The Bertz CT molecular complexity index is 3570. The van der Waals surface area contributed by atoms with Gasteiger partial charge >= 0.3 is 0 Å². The normalized spacial score (nSPS) is 16.3.